The third-order valence-corrected chi connectivity index (χ3v) is 11.7. The number of hydrogen-bond donors (Lipinski definition) is 3. The first-order valence-electron chi connectivity index (χ1n) is 22.5. The average Bonchev–Trinajstić information content (AvgIpc) is 3.67. The number of nitrogens with one attached hydrogen (secondary N) is 3. The molecule has 9 heteroatoms. The minimum Gasteiger partial charge on any atom is -0.456 e. The molecule has 3 N–H and O–H groups in total. The number of unbranched alkanes of at least 4 members (excludes halogenated alkanes) is 2. The van der Waals surface area contributed by atoms with Gasteiger partial charge in [-0.25, -0.2) is 9.97 Å². The molecule has 0 bridgehead atoms. The number of likely N-dealkylation sites (N-methyl/N-ethyl adjacent to an activating group) is 1. The van der Waals surface area contributed by atoms with Gasteiger partial charge in [-0.3, -0.25) is 14.3 Å². The molecule has 0 saturated heterocycles. The van der Waals surface area contributed by atoms with Gasteiger partial charge in [-0.1, -0.05) is 111 Å². The molecule has 1 aliphatic carbocycles. The van der Waals surface area contributed by atoms with Gasteiger partial charge in [-0.15, -0.1) is 0 Å². The van der Waals surface area contributed by atoms with E-state index in [1.165, 1.54) is 28.7 Å². The molecule has 0 aliphatic heterocycles. The number of furan rings is 1. The van der Waals surface area contributed by atoms with Crippen LogP contribution in [0.15, 0.2) is 148 Å². The molecule has 4 aromatic heterocycles. The molecule has 1 saturated carbocycles. The highest BCUT2D eigenvalue weighted by Crippen LogP contribution is 2.30. The fourth-order valence-corrected chi connectivity index (χ4v) is 7.77. The molecule has 1 unspecified atom stereocenters. The van der Waals surface area contributed by atoms with Crippen molar-refractivity contribution in [3.8, 4) is 11.4 Å². The number of anilines is 2. The molecule has 63 heavy (non-hydrogen) atoms. The summed E-state index contributed by atoms with van der Waals surface area (Å²) in [6.45, 7) is 10.7. The molecule has 0 radical (unpaired) electrons. The summed E-state index contributed by atoms with van der Waals surface area (Å²) in [7, 11) is 1.97. The Hall–Kier alpha value is -6.58. The van der Waals surface area contributed by atoms with Crippen molar-refractivity contribution in [3.05, 3.63) is 172 Å². The minimum absolute atomic E-state index is 0.0814. The van der Waals surface area contributed by atoms with Crippen molar-refractivity contribution < 1.29 is 4.42 Å². The number of fused-ring (bicyclic) bond motifs is 3. The first-order chi connectivity index (χ1) is 30.8. The van der Waals surface area contributed by atoms with E-state index >= 15 is 0 Å². The van der Waals surface area contributed by atoms with Crippen LogP contribution in [0.2, 0.25) is 0 Å². The molecule has 1 aliphatic rings. The number of allylic oxidation sites excluding steroid dienone is 3. The second kappa shape index (κ2) is 22.0. The highest BCUT2D eigenvalue weighted by Gasteiger charge is 2.15. The maximum absolute atomic E-state index is 14.0. The lowest BCUT2D eigenvalue weighted by Crippen LogP contribution is -2.26. The van der Waals surface area contributed by atoms with E-state index in [4.69, 9.17) is 9.40 Å². The molecule has 1 fully saturated rings. The Morgan fingerprint density at radius 1 is 0.905 bits per heavy atom. The zero-order chi connectivity index (χ0) is 44.0. The normalized spacial score (nSPS) is 13.3. The van der Waals surface area contributed by atoms with Crippen LogP contribution in [0.3, 0.4) is 0 Å². The number of para-hydroxylation sites is 1. The molecule has 9 nitrogen and oxygen atoms in total. The van der Waals surface area contributed by atoms with Gasteiger partial charge in [0, 0.05) is 60.3 Å². The lowest BCUT2D eigenvalue weighted by molar-refractivity contribution is 0.645. The van der Waals surface area contributed by atoms with Crippen LogP contribution < -0.4 is 21.5 Å². The summed E-state index contributed by atoms with van der Waals surface area (Å²) in [6.07, 6.45) is 21.8. The van der Waals surface area contributed by atoms with Gasteiger partial charge >= 0.3 is 0 Å². The average molecular weight is 840 g/mol. The summed E-state index contributed by atoms with van der Waals surface area (Å²) in [5.74, 6) is 2.06. The van der Waals surface area contributed by atoms with Crippen LogP contribution in [0.25, 0.3) is 45.1 Å². The maximum atomic E-state index is 14.0. The van der Waals surface area contributed by atoms with Crippen molar-refractivity contribution >= 4 is 45.2 Å². The van der Waals surface area contributed by atoms with E-state index in [0.717, 1.165) is 95.2 Å². The smallest absolute Gasteiger partial charge is 0.277 e. The molecule has 7 aromatic rings. The van der Waals surface area contributed by atoms with E-state index in [9.17, 15) is 4.79 Å². The number of benzene rings is 3. The maximum Gasteiger partial charge on any atom is 0.277 e. The van der Waals surface area contributed by atoms with Crippen molar-refractivity contribution in [2.24, 2.45) is 0 Å². The molecule has 8 rings (SSSR count). The number of nitrogens with zero attached hydrogens (tertiary/aromatic N) is 4. The summed E-state index contributed by atoms with van der Waals surface area (Å²) in [5.41, 5.74) is 11.5. The summed E-state index contributed by atoms with van der Waals surface area (Å²) in [6, 6.07) is 30.5. The van der Waals surface area contributed by atoms with Crippen molar-refractivity contribution in [1.29, 1.82) is 0 Å². The summed E-state index contributed by atoms with van der Waals surface area (Å²) < 4.78 is 7.78. The van der Waals surface area contributed by atoms with Gasteiger partial charge in [0.2, 0.25) is 0 Å². The molecule has 1 atom stereocenters. The van der Waals surface area contributed by atoms with Crippen molar-refractivity contribution in [3.63, 3.8) is 0 Å². The van der Waals surface area contributed by atoms with Gasteiger partial charge < -0.3 is 20.4 Å². The van der Waals surface area contributed by atoms with Crippen LogP contribution in [0, 0.1) is 0 Å². The highest BCUT2D eigenvalue weighted by molar-refractivity contribution is 6.05. The third-order valence-electron chi connectivity index (χ3n) is 11.7. The standard InChI is InChI=1S/C40H39N5O2.C14H22N2/c1-2-3-4-13-34(44-38-15-7-8-23-41-38)30-17-19-31(20-18-30)39-43-27-35(40(46)45(39)24-22-28-10-9-11-28)42-26-29-16-21-37-33(25-29)32-12-5-6-14-36(32)47-37;1-5-12(3)14-6-7-16-10-13(14)8-11(2)9-15-4/h5-8,12-23,25,27,42H,2-4,9-11,24,26H2,1H3,(H,41,44);6-8,10,12,15H,5,9H2,1-4H3/b34-13+;11-8+. The second-order valence-corrected chi connectivity index (χ2v) is 16.4. The van der Waals surface area contributed by atoms with Crippen molar-refractivity contribution in [1.82, 2.24) is 24.8 Å². The Bertz CT molecular complexity index is 2740. The van der Waals surface area contributed by atoms with Crippen LogP contribution in [0.4, 0.5) is 11.5 Å². The first kappa shape index (κ1) is 44.5. The highest BCUT2D eigenvalue weighted by atomic mass is 16.3. The predicted octanol–water partition coefficient (Wildman–Crippen LogP) is 12.8. The van der Waals surface area contributed by atoms with Gasteiger partial charge in [0.1, 0.15) is 28.5 Å². The SMILES string of the molecule is CCC(C)c1ccncc1/C=C(\C)CNC.CCCC/C=C(/Nc1ccccn1)c1ccc(-c2ncc(NCc3ccc4oc5ccccc5c4c3)c(=O)n2CC=C2CCC2)cc1. The monoisotopic (exact) mass is 839 g/mol. The molecule has 3 aromatic carbocycles. The minimum atomic E-state index is -0.0814. The molecule has 0 amide bonds. The number of hydrogen-bond acceptors (Lipinski definition) is 8. The van der Waals surface area contributed by atoms with Crippen LogP contribution in [-0.2, 0) is 13.1 Å². The molecular weight excluding hydrogens is 779 g/mol. The zero-order valence-corrected chi connectivity index (χ0v) is 37.5. The topological polar surface area (TPSA) is 110 Å². The van der Waals surface area contributed by atoms with Crippen LogP contribution in [-0.4, -0.2) is 33.1 Å². The Labute approximate surface area is 372 Å². The number of pyridine rings is 2. The van der Waals surface area contributed by atoms with Gasteiger partial charge in [0.05, 0.1) is 6.20 Å². The number of aromatic nitrogens is 4. The zero-order valence-electron chi connectivity index (χ0n) is 37.5. The van der Waals surface area contributed by atoms with E-state index in [0.29, 0.717) is 30.5 Å². The van der Waals surface area contributed by atoms with E-state index in [2.05, 4.69) is 114 Å². The quantitative estimate of drug-likeness (QED) is 0.0614. The predicted molar refractivity (Wildman–Crippen MR) is 263 cm³/mol. The van der Waals surface area contributed by atoms with Crippen LogP contribution in [0.5, 0.6) is 0 Å². The lowest BCUT2D eigenvalue weighted by Gasteiger charge is -2.18. The van der Waals surface area contributed by atoms with Gasteiger partial charge in [0.15, 0.2) is 0 Å². The van der Waals surface area contributed by atoms with E-state index in [1.54, 1.807) is 17.0 Å². The molecule has 0 spiro atoms. The Kier molecular flexibility index (Phi) is 15.5. The Balaban J connectivity index is 0.000000315. The van der Waals surface area contributed by atoms with Crippen LogP contribution in [0.1, 0.15) is 101 Å². The fraction of sp³-hybridized carbons (Fsp3) is 0.296. The summed E-state index contributed by atoms with van der Waals surface area (Å²) in [4.78, 5) is 27.5. The fourth-order valence-electron chi connectivity index (χ4n) is 7.77. The van der Waals surface area contributed by atoms with E-state index in [1.807, 2.05) is 68.0 Å². The third kappa shape index (κ3) is 11.5. The summed E-state index contributed by atoms with van der Waals surface area (Å²) >= 11 is 0. The molecule has 4 heterocycles. The van der Waals surface area contributed by atoms with Gasteiger partial charge in [0.25, 0.3) is 5.56 Å². The summed E-state index contributed by atoms with van der Waals surface area (Å²) in [5, 5.41) is 12.2. The van der Waals surface area contributed by atoms with Gasteiger partial charge in [-0.2, -0.15) is 0 Å². The Morgan fingerprint density at radius 3 is 2.46 bits per heavy atom. The van der Waals surface area contributed by atoms with Gasteiger partial charge in [-0.05, 0) is 117 Å². The lowest BCUT2D eigenvalue weighted by atomic mass is 9.92. The Morgan fingerprint density at radius 2 is 1.71 bits per heavy atom. The molecule has 324 valence electrons. The molecular formula is C54H61N7O2. The van der Waals surface area contributed by atoms with E-state index < -0.39 is 0 Å². The van der Waals surface area contributed by atoms with E-state index in [-0.39, 0.29) is 5.56 Å². The van der Waals surface area contributed by atoms with Crippen molar-refractivity contribution in [2.45, 2.75) is 91.6 Å². The second-order valence-electron chi connectivity index (χ2n) is 16.4. The van der Waals surface area contributed by atoms with Crippen molar-refractivity contribution in [2.75, 3.05) is 24.2 Å². The largest absolute Gasteiger partial charge is 0.456 e. The first-order valence-corrected chi connectivity index (χ1v) is 22.5. The number of rotatable bonds is 17. The van der Waals surface area contributed by atoms with Crippen LogP contribution >= 0.6 is 0 Å².